The summed E-state index contributed by atoms with van der Waals surface area (Å²) in [6, 6.07) is 20.0. The van der Waals surface area contributed by atoms with E-state index in [9.17, 15) is 4.79 Å². The van der Waals surface area contributed by atoms with Gasteiger partial charge >= 0.3 is 0 Å². The number of rotatable bonds is 13. The zero-order valence-electron chi connectivity index (χ0n) is 19.8. The second kappa shape index (κ2) is 13.9. The maximum atomic E-state index is 12.0. The highest BCUT2D eigenvalue weighted by Crippen LogP contribution is 2.28. The van der Waals surface area contributed by atoms with E-state index in [-0.39, 0.29) is 12.5 Å². The van der Waals surface area contributed by atoms with Gasteiger partial charge in [0, 0.05) is 5.02 Å². The molecule has 0 radical (unpaired) electrons. The van der Waals surface area contributed by atoms with Gasteiger partial charge in [-0.05, 0) is 72.1 Å². The molecule has 3 aromatic rings. The Morgan fingerprint density at radius 1 is 0.943 bits per heavy atom. The fourth-order valence-corrected chi connectivity index (χ4v) is 3.08. The summed E-state index contributed by atoms with van der Waals surface area (Å²) >= 11 is 5.91. The molecule has 0 spiro atoms. The molecule has 0 saturated carbocycles. The van der Waals surface area contributed by atoms with Crippen LogP contribution in [-0.4, -0.2) is 32.4 Å². The average Bonchev–Trinajstić information content (AvgIpc) is 2.88. The number of nitrogens with one attached hydrogen (secondary N) is 1. The van der Waals surface area contributed by atoms with Crippen LogP contribution in [0.3, 0.4) is 0 Å². The Morgan fingerprint density at radius 2 is 1.66 bits per heavy atom. The first-order valence-corrected chi connectivity index (χ1v) is 11.7. The van der Waals surface area contributed by atoms with Gasteiger partial charge in [-0.3, -0.25) is 4.79 Å². The molecule has 0 bridgehead atoms. The van der Waals surface area contributed by atoms with Crippen LogP contribution in [0.15, 0.2) is 71.8 Å². The van der Waals surface area contributed by atoms with Crippen molar-refractivity contribution in [2.45, 2.75) is 26.4 Å². The number of amides is 1. The Morgan fingerprint density at radius 3 is 2.34 bits per heavy atom. The molecule has 0 atom stereocenters. The minimum absolute atomic E-state index is 0.159. The smallest absolute Gasteiger partial charge is 0.277 e. The van der Waals surface area contributed by atoms with Gasteiger partial charge < -0.3 is 18.9 Å². The van der Waals surface area contributed by atoms with Crippen molar-refractivity contribution in [1.29, 1.82) is 0 Å². The van der Waals surface area contributed by atoms with Crippen molar-refractivity contribution >= 4 is 23.7 Å². The number of unbranched alkanes of at least 4 members (excludes halogenated alkanes) is 1. The maximum Gasteiger partial charge on any atom is 0.277 e. The molecule has 0 aliphatic rings. The third kappa shape index (κ3) is 8.87. The van der Waals surface area contributed by atoms with E-state index in [0.29, 0.717) is 35.5 Å². The van der Waals surface area contributed by atoms with Gasteiger partial charge in [-0.2, -0.15) is 5.10 Å². The standard InChI is InChI=1S/C27H29ClN2O5/c1-3-4-15-33-23-10-12-24(13-11-23)34-19-27(31)30-29-17-21-7-14-25(26(16-21)32-2)35-18-20-5-8-22(28)9-6-20/h5-14,16-17H,3-4,15,18-19H2,1-2H3,(H,30,31). The van der Waals surface area contributed by atoms with Gasteiger partial charge in [-0.15, -0.1) is 0 Å². The number of nitrogens with zero attached hydrogens (tertiary/aromatic N) is 1. The Hall–Kier alpha value is -3.71. The molecule has 0 aromatic heterocycles. The highest BCUT2D eigenvalue weighted by molar-refractivity contribution is 6.30. The Balaban J connectivity index is 1.45. The quantitative estimate of drug-likeness (QED) is 0.188. The number of carbonyl (C=O) groups is 1. The minimum atomic E-state index is -0.376. The predicted molar refractivity (Wildman–Crippen MR) is 137 cm³/mol. The molecule has 0 aliphatic carbocycles. The van der Waals surface area contributed by atoms with Gasteiger partial charge in [-0.1, -0.05) is 37.1 Å². The van der Waals surface area contributed by atoms with E-state index < -0.39 is 0 Å². The van der Waals surface area contributed by atoms with Gasteiger partial charge in [-0.25, -0.2) is 5.43 Å². The largest absolute Gasteiger partial charge is 0.494 e. The first-order chi connectivity index (χ1) is 17.1. The van der Waals surface area contributed by atoms with E-state index in [1.165, 1.54) is 6.21 Å². The summed E-state index contributed by atoms with van der Waals surface area (Å²) in [7, 11) is 1.56. The highest BCUT2D eigenvalue weighted by atomic mass is 35.5. The van der Waals surface area contributed by atoms with Crippen LogP contribution in [0.2, 0.25) is 5.02 Å². The third-order valence-electron chi connectivity index (χ3n) is 4.86. The number of benzene rings is 3. The van der Waals surface area contributed by atoms with Crippen molar-refractivity contribution in [3.8, 4) is 23.0 Å². The van der Waals surface area contributed by atoms with Crippen LogP contribution in [0.1, 0.15) is 30.9 Å². The minimum Gasteiger partial charge on any atom is -0.494 e. The normalized spacial score (nSPS) is 10.7. The predicted octanol–water partition coefficient (Wildman–Crippen LogP) is 5.64. The Bertz CT molecular complexity index is 1100. The summed E-state index contributed by atoms with van der Waals surface area (Å²) in [6.07, 6.45) is 3.61. The van der Waals surface area contributed by atoms with E-state index in [2.05, 4.69) is 17.5 Å². The molecule has 0 aliphatic heterocycles. The van der Waals surface area contributed by atoms with Crippen molar-refractivity contribution in [1.82, 2.24) is 5.43 Å². The van der Waals surface area contributed by atoms with Crippen LogP contribution >= 0.6 is 11.6 Å². The lowest BCUT2D eigenvalue weighted by molar-refractivity contribution is -0.123. The molecule has 0 saturated heterocycles. The molecule has 35 heavy (non-hydrogen) atoms. The summed E-state index contributed by atoms with van der Waals surface area (Å²) in [6.45, 7) is 3.02. The molecule has 0 fully saturated rings. The van der Waals surface area contributed by atoms with Gasteiger partial charge in [0.15, 0.2) is 18.1 Å². The zero-order chi connectivity index (χ0) is 24.9. The van der Waals surface area contributed by atoms with Gasteiger partial charge in [0.2, 0.25) is 0 Å². The number of methoxy groups -OCH3 is 1. The second-order valence-electron chi connectivity index (χ2n) is 7.58. The molecular weight excluding hydrogens is 468 g/mol. The number of halogens is 1. The molecule has 184 valence electrons. The van der Waals surface area contributed by atoms with Crippen LogP contribution in [0.25, 0.3) is 0 Å². The number of ether oxygens (including phenoxy) is 4. The fraction of sp³-hybridized carbons (Fsp3) is 0.259. The van der Waals surface area contributed by atoms with E-state index in [1.54, 1.807) is 31.4 Å². The molecule has 3 rings (SSSR count). The van der Waals surface area contributed by atoms with Crippen LogP contribution in [0.4, 0.5) is 0 Å². The van der Waals surface area contributed by atoms with Crippen molar-refractivity contribution < 1.29 is 23.7 Å². The molecule has 1 amide bonds. The number of hydrogen-bond donors (Lipinski definition) is 1. The van der Waals surface area contributed by atoms with Crippen LogP contribution in [0.5, 0.6) is 23.0 Å². The monoisotopic (exact) mass is 496 g/mol. The highest BCUT2D eigenvalue weighted by Gasteiger charge is 2.07. The summed E-state index contributed by atoms with van der Waals surface area (Å²) in [5.41, 5.74) is 4.17. The summed E-state index contributed by atoms with van der Waals surface area (Å²) < 4.78 is 22.4. The molecule has 7 nitrogen and oxygen atoms in total. The number of carbonyl (C=O) groups excluding carboxylic acids is 1. The summed E-state index contributed by atoms with van der Waals surface area (Å²) in [4.78, 5) is 12.0. The van der Waals surface area contributed by atoms with Gasteiger partial charge in [0.1, 0.15) is 18.1 Å². The van der Waals surface area contributed by atoms with Crippen LogP contribution in [0, 0.1) is 0 Å². The van der Waals surface area contributed by atoms with Crippen LogP contribution < -0.4 is 24.4 Å². The number of hydrogen-bond acceptors (Lipinski definition) is 6. The van der Waals surface area contributed by atoms with Crippen molar-refractivity contribution in [3.05, 3.63) is 82.9 Å². The second-order valence-corrected chi connectivity index (χ2v) is 8.02. The summed E-state index contributed by atoms with van der Waals surface area (Å²) in [5.74, 6) is 2.13. The Kier molecular flexibility index (Phi) is 10.3. The molecule has 0 unspecified atom stereocenters. The van der Waals surface area contributed by atoms with Crippen molar-refractivity contribution in [2.24, 2.45) is 5.10 Å². The van der Waals surface area contributed by atoms with E-state index in [4.69, 9.17) is 30.5 Å². The number of hydrazone groups is 1. The lowest BCUT2D eigenvalue weighted by atomic mass is 10.2. The lowest BCUT2D eigenvalue weighted by Gasteiger charge is -2.11. The summed E-state index contributed by atoms with van der Waals surface area (Å²) in [5, 5.41) is 4.66. The fourth-order valence-electron chi connectivity index (χ4n) is 2.95. The first kappa shape index (κ1) is 25.9. The van der Waals surface area contributed by atoms with E-state index in [1.807, 2.05) is 42.5 Å². The topological polar surface area (TPSA) is 78.4 Å². The van der Waals surface area contributed by atoms with E-state index >= 15 is 0 Å². The van der Waals surface area contributed by atoms with Crippen LogP contribution in [-0.2, 0) is 11.4 Å². The first-order valence-electron chi connectivity index (χ1n) is 11.3. The van der Waals surface area contributed by atoms with Crippen molar-refractivity contribution in [3.63, 3.8) is 0 Å². The maximum absolute atomic E-state index is 12.0. The molecule has 1 N–H and O–H groups in total. The molecule has 8 heteroatoms. The van der Waals surface area contributed by atoms with Gasteiger partial charge in [0.25, 0.3) is 5.91 Å². The van der Waals surface area contributed by atoms with E-state index in [0.717, 1.165) is 29.7 Å². The third-order valence-corrected chi connectivity index (χ3v) is 5.11. The molecule has 0 heterocycles. The Labute approximate surface area is 210 Å². The SMILES string of the molecule is CCCCOc1ccc(OCC(=O)NN=Cc2ccc(OCc3ccc(Cl)cc3)c(OC)c2)cc1. The van der Waals surface area contributed by atoms with Crippen molar-refractivity contribution in [2.75, 3.05) is 20.3 Å². The average molecular weight is 497 g/mol. The van der Waals surface area contributed by atoms with Gasteiger partial charge in [0.05, 0.1) is 19.9 Å². The zero-order valence-corrected chi connectivity index (χ0v) is 20.6. The molecular formula is C27H29ClN2O5. The molecule has 3 aromatic carbocycles. The lowest BCUT2D eigenvalue weighted by Crippen LogP contribution is -2.24.